The van der Waals surface area contributed by atoms with Gasteiger partial charge in [0.1, 0.15) is 0 Å². The van der Waals surface area contributed by atoms with Crippen LogP contribution < -0.4 is 5.32 Å². The van der Waals surface area contributed by atoms with Crippen LogP contribution in [0.5, 0.6) is 0 Å². The Morgan fingerprint density at radius 1 is 1.42 bits per heavy atom. The second-order valence-electron chi connectivity index (χ2n) is 4.62. The van der Waals surface area contributed by atoms with Gasteiger partial charge in [-0.25, -0.2) is 0 Å². The molecule has 2 aliphatic heterocycles. The fraction of sp³-hybridized carbons (Fsp3) is 1.00. The Balaban J connectivity index is 0.000000845. The first-order valence-corrected chi connectivity index (χ1v) is 5.21. The molecule has 2 rings (SSSR count). The first-order valence-electron chi connectivity index (χ1n) is 5.21. The van der Waals surface area contributed by atoms with E-state index in [2.05, 4.69) is 24.1 Å². The third-order valence-corrected chi connectivity index (χ3v) is 3.44. The second-order valence-corrected chi connectivity index (χ2v) is 4.62. The topological polar surface area (TPSA) is 15.3 Å². The van der Waals surface area contributed by atoms with Crippen molar-refractivity contribution in [3.63, 3.8) is 0 Å². The fourth-order valence-electron chi connectivity index (χ4n) is 2.44. The van der Waals surface area contributed by atoms with Crippen LogP contribution in [0.25, 0.3) is 0 Å². The fourth-order valence-corrected chi connectivity index (χ4v) is 2.44. The van der Waals surface area contributed by atoms with Crippen molar-refractivity contribution in [1.82, 2.24) is 10.2 Å². The Hall–Kier alpha value is -0.0800. The second kappa shape index (κ2) is 3.00. The molecule has 1 spiro atoms. The quantitative estimate of drug-likeness (QED) is 0.641. The SMILES string of the molecule is CC(C)N1CCCC2(CCN2)C1.[HH]. The van der Waals surface area contributed by atoms with E-state index in [1.165, 1.54) is 38.9 Å². The molecule has 0 aromatic carbocycles. The van der Waals surface area contributed by atoms with Crippen molar-refractivity contribution in [3.05, 3.63) is 0 Å². The van der Waals surface area contributed by atoms with Crippen LogP contribution in [0.1, 0.15) is 34.5 Å². The Morgan fingerprint density at radius 2 is 2.17 bits per heavy atom. The number of likely N-dealkylation sites (tertiary alicyclic amines) is 1. The third kappa shape index (κ3) is 1.38. The van der Waals surface area contributed by atoms with Gasteiger partial charge in [0.15, 0.2) is 0 Å². The lowest BCUT2D eigenvalue weighted by Crippen LogP contribution is -2.65. The molecule has 2 heterocycles. The number of nitrogens with zero attached hydrogens (tertiary/aromatic N) is 1. The maximum Gasteiger partial charge on any atom is 0.0321 e. The van der Waals surface area contributed by atoms with Crippen molar-refractivity contribution in [2.75, 3.05) is 19.6 Å². The summed E-state index contributed by atoms with van der Waals surface area (Å²) in [5.41, 5.74) is 0.530. The Morgan fingerprint density at radius 3 is 2.67 bits per heavy atom. The van der Waals surface area contributed by atoms with Crippen molar-refractivity contribution < 1.29 is 1.43 Å². The average molecular weight is 170 g/mol. The molecule has 1 N–H and O–H groups in total. The first-order chi connectivity index (χ1) is 5.72. The number of nitrogens with one attached hydrogen (secondary N) is 1. The van der Waals surface area contributed by atoms with E-state index in [0.717, 1.165) is 6.04 Å². The molecular formula is C10H22N2. The lowest BCUT2D eigenvalue weighted by molar-refractivity contribution is 0.0537. The molecule has 0 aromatic rings. The van der Waals surface area contributed by atoms with Crippen LogP contribution in [0.2, 0.25) is 0 Å². The molecule has 0 aromatic heterocycles. The molecule has 0 aliphatic carbocycles. The van der Waals surface area contributed by atoms with E-state index in [1.807, 2.05) is 0 Å². The van der Waals surface area contributed by atoms with Crippen LogP contribution in [-0.2, 0) is 0 Å². The molecule has 1 atom stereocenters. The summed E-state index contributed by atoms with van der Waals surface area (Å²) in [6.45, 7) is 8.44. The molecule has 2 heteroatoms. The molecule has 2 aliphatic rings. The summed E-state index contributed by atoms with van der Waals surface area (Å²) in [5.74, 6) is 0. The van der Waals surface area contributed by atoms with E-state index >= 15 is 0 Å². The zero-order chi connectivity index (χ0) is 8.60. The van der Waals surface area contributed by atoms with Crippen molar-refractivity contribution >= 4 is 0 Å². The lowest BCUT2D eigenvalue weighted by atomic mass is 9.80. The smallest absolute Gasteiger partial charge is 0.0321 e. The van der Waals surface area contributed by atoms with Gasteiger partial charge < -0.3 is 5.32 Å². The molecule has 2 fully saturated rings. The van der Waals surface area contributed by atoms with Gasteiger partial charge in [0.05, 0.1) is 0 Å². The Bertz CT molecular complexity index is 166. The molecule has 1 unspecified atom stereocenters. The van der Waals surface area contributed by atoms with Crippen LogP contribution in [0.3, 0.4) is 0 Å². The Kier molecular flexibility index (Phi) is 2.13. The highest BCUT2D eigenvalue weighted by molar-refractivity contribution is 5.01. The number of hydrogen-bond acceptors (Lipinski definition) is 2. The van der Waals surface area contributed by atoms with Crippen molar-refractivity contribution in [1.29, 1.82) is 0 Å². The van der Waals surface area contributed by atoms with Crippen LogP contribution >= 0.6 is 0 Å². The maximum atomic E-state index is 3.60. The summed E-state index contributed by atoms with van der Waals surface area (Å²) < 4.78 is 0. The van der Waals surface area contributed by atoms with E-state index in [1.54, 1.807) is 0 Å². The van der Waals surface area contributed by atoms with Gasteiger partial charge in [-0.3, -0.25) is 4.90 Å². The van der Waals surface area contributed by atoms with Crippen LogP contribution in [-0.4, -0.2) is 36.1 Å². The van der Waals surface area contributed by atoms with Gasteiger partial charge in [-0.1, -0.05) is 0 Å². The maximum absolute atomic E-state index is 3.60. The van der Waals surface area contributed by atoms with Gasteiger partial charge in [-0.2, -0.15) is 0 Å². The van der Waals surface area contributed by atoms with E-state index in [-0.39, 0.29) is 1.43 Å². The standard InChI is InChI=1S/C10H20N2.H2/c1-9(2)12-7-3-4-10(8-12)5-6-11-10;/h9,11H,3-8H2,1-2H3;1H. The van der Waals surface area contributed by atoms with E-state index in [4.69, 9.17) is 0 Å². The predicted octanol–water partition coefficient (Wildman–Crippen LogP) is 1.47. The molecule has 0 saturated carbocycles. The molecular weight excluding hydrogens is 148 g/mol. The molecule has 0 bridgehead atoms. The van der Waals surface area contributed by atoms with Crippen molar-refractivity contribution in [2.24, 2.45) is 0 Å². The number of rotatable bonds is 1. The Labute approximate surface area is 76.8 Å². The highest BCUT2D eigenvalue weighted by Gasteiger charge is 2.40. The molecule has 0 radical (unpaired) electrons. The minimum Gasteiger partial charge on any atom is -0.310 e. The van der Waals surface area contributed by atoms with Crippen LogP contribution in [0.15, 0.2) is 0 Å². The van der Waals surface area contributed by atoms with Gasteiger partial charge in [0.2, 0.25) is 0 Å². The minimum absolute atomic E-state index is 0. The van der Waals surface area contributed by atoms with E-state index in [0.29, 0.717) is 5.54 Å². The highest BCUT2D eigenvalue weighted by Crippen LogP contribution is 2.30. The van der Waals surface area contributed by atoms with Gasteiger partial charge in [-0.15, -0.1) is 0 Å². The monoisotopic (exact) mass is 170 g/mol. The molecule has 0 amide bonds. The van der Waals surface area contributed by atoms with Gasteiger partial charge in [-0.05, 0) is 46.2 Å². The van der Waals surface area contributed by atoms with Gasteiger partial charge in [0, 0.05) is 19.6 Å². The third-order valence-electron chi connectivity index (χ3n) is 3.44. The largest absolute Gasteiger partial charge is 0.310 e. The van der Waals surface area contributed by atoms with Gasteiger partial charge >= 0.3 is 0 Å². The molecule has 2 nitrogen and oxygen atoms in total. The predicted molar refractivity (Wildman–Crippen MR) is 53.4 cm³/mol. The van der Waals surface area contributed by atoms with Crippen LogP contribution in [0.4, 0.5) is 0 Å². The molecule has 72 valence electrons. The van der Waals surface area contributed by atoms with Gasteiger partial charge in [0.25, 0.3) is 0 Å². The van der Waals surface area contributed by atoms with Crippen molar-refractivity contribution in [2.45, 2.75) is 44.7 Å². The first kappa shape index (κ1) is 8.52. The number of piperidine rings is 1. The van der Waals surface area contributed by atoms with Crippen molar-refractivity contribution in [3.8, 4) is 0 Å². The van der Waals surface area contributed by atoms with Crippen LogP contribution in [0, 0.1) is 0 Å². The molecule has 2 saturated heterocycles. The number of hydrogen-bond donors (Lipinski definition) is 1. The summed E-state index contributed by atoms with van der Waals surface area (Å²) in [7, 11) is 0. The zero-order valence-electron chi connectivity index (χ0n) is 8.27. The summed E-state index contributed by atoms with van der Waals surface area (Å²) in [4.78, 5) is 2.61. The van der Waals surface area contributed by atoms with E-state index in [9.17, 15) is 0 Å². The summed E-state index contributed by atoms with van der Waals surface area (Å²) in [5, 5.41) is 3.60. The van der Waals surface area contributed by atoms with E-state index < -0.39 is 0 Å². The summed E-state index contributed by atoms with van der Waals surface area (Å²) in [6.07, 6.45) is 4.18. The molecule has 12 heavy (non-hydrogen) atoms. The lowest BCUT2D eigenvalue weighted by Gasteiger charge is -2.50. The summed E-state index contributed by atoms with van der Waals surface area (Å²) >= 11 is 0. The minimum atomic E-state index is 0. The average Bonchev–Trinajstić information content (AvgIpc) is 2.02. The zero-order valence-corrected chi connectivity index (χ0v) is 8.27. The summed E-state index contributed by atoms with van der Waals surface area (Å²) in [6, 6.07) is 0.726. The highest BCUT2D eigenvalue weighted by atomic mass is 15.2. The normalized spacial score (nSPS) is 37.2.